The van der Waals surface area contributed by atoms with Crippen molar-refractivity contribution in [3.8, 4) is 0 Å². The van der Waals surface area contributed by atoms with E-state index in [2.05, 4.69) is 45.9 Å². The molecule has 4 aromatic heterocycles. The summed E-state index contributed by atoms with van der Waals surface area (Å²) in [5, 5.41) is 10.7. The third kappa shape index (κ3) is 6.67. The molecule has 0 radical (unpaired) electrons. The Balaban J connectivity index is 0.000000166. The number of amides is 1. The third-order valence-electron chi connectivity index (χ3n) is 5.73. The summed E-state index contributed by atoms with van der Waals surface area (Å²) < 4.78 is 0. The number of nitrogens with zero attached hydrogens (tertiary/aromatic N) is 6. The van der Waals surface area contributed by atoms with Gasteiger partial charge in [0.15, 0.2) is 0 Å². The predicted molar refractivity (Wildman–Crippen MR) is 162 cm³/mol. The first-order chi connectivity index (χ1) is 19.8. The van der Waals surface area contributed by atoms with Crippen molar-refractivity contribution in [2.45, 2.75) is 6.92 Å². The lowest BCUT2D eigenvalue weighted by Gasteiger charge is -2.09. The van der Waals surface area contributed by atoms with E-state index < -0.39 is 0 Å². The summed E-state index contributed by atoms with van der Waals surface area (Å²) in [4.78, 5) is 35.9. The van der Waals surface area contributed by atoms with E-state index in [4.69, 9.17) is 17.2 Å². The molecule has 0 saturated heterocycles. The molecule has 0 bridgehead atoms. The van der Waals surface area contributed by atoms with Crippen molar-refractivity contribution in [3.63, 3.8) is 0 Å². The summed E-state index contributed by atoms with van der Waals surface area (Å²) in [6.07, 6.45) is 6.25. The van der Waals surface area contributed by atoms with Crippen molar-refractivity contribution >= 4 is 73.7 Å². The molecule has 0 fully saturated rings. The van der Waals surface area contributed by atoms with Gasteiger partial charge in [0.1, 0.15) is 35.9 Å². The maximum absolute atomic E-state index is 11.0. The topological polar surface area (TPSA) is 209 Å². The van der Waals surface area contributed by atoms with E-state index in [9.17, 15) is 4.79 Å². The number of anilines is 8. The Morgan fingerprint density at radius 2 is 1.05 bits per heavy atom. The van der Waals surface area contributed by atoms with Crippen LogP contribution in [0.1, 0.15) is 6.92 Å². The van der Waals surface area contributed by atoms with E-state index in [0.717, 1.165) is 38.9 Å². The molecule has 0 saturated carbocycles. The molecule has 2 aromatic carbocycles. The molecule has 0 spiro atoms. The van der Waals surface area contributed by atoms with Gasteiger partial charge in [-0.25, -0.2) is 29.9 Å². The molecule has 0 aliphatic rings. The summed E-state index contributed by atoms with van der Waals surface area (Å²) >= 11 is 0. The van der Waals surface area contributed by atoms with E-state index in [1.54, 1.807) is 24.5 Å². The first kappa shape index (κ1) is 26.5. The highest BCUT2D eigenvalue weighted by atomic mass is 16.1. The third-order valence-corrected chi connectivity index (χ3v) is 5.73. The van der Waals surface area contributed by atoms with E-state index >= 15 is 0 Å². The smallest absolute Gasteiger partial charge is 0.221 e. The van der Waals surface area contributed by atoms with Gasteiger partial charge in [0.2, 0.25) is 5.91 Å². The van der Waals surface area contributed by atoms with Gasteiger partial charge >= 0.3 is 0 Å². The van der Waals surface area contributed by atoms with E-state index in [-0.39, 0.29) is 5.91 Å². The van der Waals surface area contributed by atoms with Crippen molar-refractivity contribution < 1.29 is 4.79 Å². The van der Waals surface area contributed by atoms with Gasteiger partial charge in [0.25, 0.3) is 0 Å². The maximum atomic E-state index is 11.0. The van der Waals surface area contributed by atoms with Crippen molar-refractivity contribution in [1.29, 1.82) is 0 Å². The number of benzene rings is 2. The molecule has 4 heterocycles. The number of nitrogens with two attached hydrogens (primary N) is 3. The average Bonchev–Trinajstić information content (AvgIpc) is 2.95. The molecular weight excluding hydrogens is 520 g/mol. The molecule has 13 nitrogen and oxygen atoms in total. The molecule has 6 rings (SSSR count). The minimum absolute atomic E-state index is 0.105. The van der Waals surface area contributed by atoms with Crippen LogP contribution in [0.25, 0.3) is 21.8 Å². The molecule has 6 aromatic rings. The lowest BCUT2D eigenvalue weighted by Crippen LogP contribution is -2.05. The van der Waals surface area contributed by atoms with Gasteiger partial charge in [-0.1, -0.05) is 0 Å². The highest BCUT2D eigenvalue weighted by Crippen LogP contribution is 2.25. The average molecular weight is 547 g/mol. The normalized spacial score (nSPS) is 10.5. The molecular formula is C28H26N12O. The number of fused-ring (bicyclic) bond motifs is 2. The van der Waals surface area contributed by atoms with Crippen LogP contribution in [0.4, 0.5) is 46.0 Å². The van der Waals surface area contributed by atoms with Crippen molar-refractivity contribution in [2.24, 2.45) is 0 Å². The summed E-state index contributed by atoms with van der Waals surface area (Å²) in [6.45, 7) is 1.47. The quantitative estimate of drug-likeness (QED) is 0.168. The predicted octanol–water partition coefficient (Wildman–Crippen LogP) is 4.24. The number of hydrogen-bond donors (Lipinski definition) is 6. The van der Waals surface area contributed by atoms with Crippen LogP contribution in [0.2, 0.25) is 0 Å². The lowest BCUT2D eigenvalue weighted by molar-refractivity contribution is -0.114. The van der Waals surface area contributed by atoms with Gasteiger partial charge in [-0.15, -0.1) is 0 Å². The highest BCUT2D eigenvalue weighted by molar-refractivity contribution is 5.92. The van der Waals surface area contributed by atoms with Gasteiger partial charge < -0.3 is 33.2 Å². The second-order valence-corrected chi connectivity index (χ2v) is 8.83. The summed E-state index contributed by atoms with van der Waals surface area (Å²) in [6, 6.07) is 18.1. The zero-order valence-electron chi connectivity index (χ0n) is 21.9. The van der Waals surface area contributed by atoms with Gasteiger partial charge in [-0.3, -0.25) is 4.79 Å². The van der Waals surface area contributed by atoms with E-state index in [1.165, 1.54) is 19.6 Å². The number of nitrogen functional groups attached to an aromatic ring is 3. The van der Waals surface area contributed by atoms with Crippen molar-refractivity contribution in [2.75, 3.05) is 33.2 Å². The monoisotopic (exact) mass is 546 g/mol. The summed E-state index contributed by atoms with van der Waals surface area (Å²) in [5.41, 5.74) is 21.6. The van der Waals surface area contributed by atoms with Crippen molar-refractivity contribution in [3.05, 3.63) is 85.7 Å². The van der Waals surface area contributed by atoms with Crippen molar-refractivity contribution in [1.82, 2.24) is 29.9 Å². The largest absolute Gasteiger partial charge is 0.399 e. The van der Waals surface area contributed by atoms with Gasteiger partial charge in [-0.2, -0.15) is 0 Å². The fourth-order valence-corrected chi connectivity index (χ4v) is 3.82. The number of rotatable bonds is 5. The molecule has 9 N–H and O–H groups in total. The van der Waals surface area contributed by atoms with Crippen LogP contribution >= 0.6 is 0 Å². The summed E-state index contributed by atoms with van der Waals surface area (Å²) in [5.74, 6) is 2.07. The standard InChI is InChI=1S/C15H14N6O.C13H12N6/c1-9(22)20-10-2-4-11(5-3-10)21-15-12-7-17-14(16)6-13(12)18-8-19-15;14-8-1-3-9(4-2-8)19-13-10-6-16-12(15)5-11(10)17-7-18-13/h2-8H,1H3,(H2,16,17)(H,20,22)(H,18,19,21);1-7H,14H2,(H2,15,16)(H,17,18,19). The number of carbonyl (C=O) groups is 1. The molecule has 0 aliphatic carbocycles. The Kier molecular flexibility index (Phi) is 7.58. The number of pyridine rings is 2. The fraction of sp³-hybridized carbons (Fsp3) is 0.0357. The van der Waals surface area contributed by atoms with E-state index in [1.807, 2.05) is 48.5 Å². The fourth-order valence-electron chi connectivity index (χ4n) is 3.82. The number of carbonyl (C=O) groups excluding carboxylic acids is 1. The van der Waals surface area contributed by atoms with Gasteiger partial charge in [-0.05, 0) is 48.5 Å². The minimum atomic E-state index is -0.105. The Bertz CT molecular complexity index is 1830. The highest BCUT2D eigenvalue weighted by Gasteiger charge is 2.07. The SMILES string of the molecule is CC(=O)Nc1ccc(Nc2ncnc3cc(N)ncc23)cc1.Nc1ccc(Nc2ncnc3cc(N)ncc23)cc1. The van der Waals surface area contributed by atoms with Gasteiger partial charge in [0.05, 0.1) is 21.8 Å². The second-order valence-electron chi connectivity index (χ2n) is 8.83. The van der Waals surface area contributed by atoms with Crippen LogP contribution in [-0.4, -0.2) is 35.8 Å². The number of hydrogen-bond acceptors (Lipinski definition) is 12. The van der Waals surface area contributed by atoms with Crippen LogP contribution in [0, 0.1) is 0 Å². The van der Waals surface area contributed by atoms with Crippen LogP contribution in [-0.2, 0) is 4.79 Å². The molecule has 204 valence electrons. The molecule has 41 heavy (non-hydrogen) atoms. The first-order valence-corrected chi connectivity index (χ1v) is 12.3. The Labute approximate surface area is 234 Å². The van der Waals surface area contributed by atoms with Crippen LogP contribution in [0.15, 0.2) is 85.7 Å². The zero-order chi connectivity index (χ0) is 28.8. The van der Waals surface area contributed by atoms with Crippen LogP contribution < -0.4 is 33.2 Å². The zero-order valence-corrected chi connectivity index (χ0v) is 21.9. The van der Waals surface area contributed by atoms with E-state index in [0.29, 0.717) is 29.0 Å². The molecule has 0 unspecified atom stereocenters. The summed E-state index contributed by atoms with van der Waals surface area (Å²) in [7, 11) is 0. The van der Waals surface area contributed by atoms with Gasteiger partial charge in [0, 0.05) is 54.2 Å². The number of nitrogens with one attached hydrogen (secondary N) is 3. The molecule has 13 heteroatoms. The number of aromatic nitrogens is 6. The van der Waals surface area contributed by atoms with Crippen LogP contribution in [0.5, 0.6) is 0 Å². The Hall–Kier alpha value is -6.11. The second kappa shape index (κ2) is 11.7. The maximum Gasteiger partial charge on any atom is 0.221 e. The molecule has 1 amide bonds. The Morgan fingerprint density at radius 3 is 1.51 bits per heavy atom. The lowest BCUT2D eigenvalue weighted by atomic mass is 10.2. The Morgan fingerprint density at radius 1 is 0.610 bits per heavy atom. The first-order valence-electron chi connectivity index (χ1n) is 12.3. The minimum Gasteiger partial charge on any atom is -0.399 e. The molecule has 0 atom stereocenters. The molecule has 0 aliphatic heterocycles. The van der Waals surface area contributed by atoms with Crippen LogP contribution in [0.3, 0.4) is 0 Å².